The van der Waals surface area contributed by atoms with E-state index in [1.807, 2.05) is 18.2 Å². The summed E-state index contributed by atoms with van der Waals surface area (Å²) in [6.45, 7) is 6.43. The van der Waals surface area contributed by atoms with Crippen molar-refractivity contribution in [2.24, 2.45) is 0 Å². The SMILES string of the molecule is CC(C)(C)c1cccc(Oc2ccc(C=O)o2)c1. The molecule has 0 atom stereocenters. The molecule has 0 radical (unpaired) electrons. The van der Waals surface area contributed by atoms with Crippen molar-refractivity contribution < 1.29 is 13.9 Å². The van der Waals surface area contributed by atoms with Crippen LogP contribution < -0.4 is 4.74 Å². The number of carbonyl (C=O) groups is 1. The van der Waals surface area contributed by atoms with Gasteiger partial charge in [-0.25, -0.2) is 0 Å². The van der Waals surface area contributed by atoms with Crippen LogP contribution in [0.15, 0.2) is 40.8 Å². The van der Waals surface area contributed by atoms with Crippen molar-refractivity contribution in [3.8, 4) is 11.7 Å². The highest BCUT2D eigenvalue weighted by Crippen LogP contribution is 2.28. The molecule has 1 aromatic heterocycles. The molecule has 0 aliphatic rings. The van der Waals surface area contributed by atoms with Gasteiger partial charge in [0, 0.05) is 6.07 Å². The predicted molar refractivity (Wildman–Crippen MR) is 69.3 cm³/mol. The summed E-state index contributed by atoms with van der Waals surface area (Å²) >= 11 is 0. The highest BCUT2D eigenvalue weighted by atomic mass is 16.6. The molecule has 0 saturated heterocycles. The second-order valence-electron chi connectivity index (χ2n) is 5.15. The lowest BCUT2D eigenvalue weighted by Crippen LogP contribution is -2.10. The number of furan rings is 1. The molecule has 2 rings (SSSR count). The third kappa shape index (κ3) is 2.80. The van der Waals surface area contributed by atoms with Gasteiger partial charge in [0.1, 0.15) is 5.75 Å². The summed E-state index contributed by atoms with van der Waals surface area (Å²) < 4.78 is 10.7. The first-order valence-electron chi connectivity index (χ1n) is 5.82. The van der Waals surface area contributed by atoms with Gasteiger partial charge in [-0.05, 0) is 29.2 Å². The van der Waals surface area contributed by atoms with Crippen LogP contribution in [-0.4, -0.2) is 6.29 Å². The number of hydrogen-bond acceptors (Lipinski definition) is 3. The van der Waals surface area contributed by atoms with Gasteiger partial charge < -0.3 is 9.15 Å². The van der Waals surface area contributed by atoms with Crippen LogP contribution in [0.4, 0.5) is 0 Å². The molecular formula is C15H16O3. The normalized spacial score (nSPS) is 11.3. The van der Waals surface area contributed by atoms with Crippen LogP contribution in [-0.2, 0) is 5.41 Å². The van der Waals surface area contributed by atoms with Gasteiger partial charge in [0.2, 0.25) is 0 Å². The molecule has 1 aromatic carbocycles. The molecule has 0 amide bonds. The van der Waals surface area contributed by atoms with Gasteiger partial charge >= 0.3 is 0 Å². The summed E-state index contributed by atoms with van der Waals surface area (Å²) in [6, 6.07) is 11.1. The Morgan fingerprint density at radius 3 is 2.56 bits per heavy atom. The molecule has 0 bridgehead atoms. The Bertz CT molecular complexity index is 547. The number of carbonyl (C=O) groups excluding carboxylic acids is 1. The zero-order valence-electron chi connectivity index (χ0n) is 10.8. The first-order valence-corrected chi connectivity index (χ1v) is 5.82. The summed E-state index contributed by atoms with van der Waals surface area (Å²) in [6.07, 6.45) is 0.651. The maximum atomic E-state index is 10.5. The topological polar surface area (TPSA) is 39.4 Å². The monoisotopic (exact) mass is 244 g/mol. The van der Waals surface area contributed by atoms with Crippen LogP contribution in [0.5, 0.6) is 11.7 Å². The number of aldehydes is 1. The van der Waals surface area contributed by atoms with Crippen LogP contribution in [0.2, 0.25) is 0 Å². The van der Waals surface area contributed by atoms with Gasteiger partial charge in [-0.1, -0.05) is 32.9 Å². The van der Waals surface area contributed by atoms with Crippen LogP contribution >= 0.6 is 0 Å². The minimum atomic E-state index is 0.0660. The smallest absolute Gasteiger partial charge is 0.290 e. The van der Waals surface area contributed by atoms with Crippen molar-refractivity contribution in [2.75, 3.05) is 0 Å². The zero-order valence-corrected chi connectivity index (χ0v) is 10.8. The molecule has 0 fully saturated rings. The molecule has 94 valence electrons. The van der Waals surface area contributed by atoms with Gasteiger partial charge in [-0.15, -0.1) is 0 Å². The van der Waals surface area contributed by atoms with Crippen molar-refractivity contribution >= 4 is 6.29 Å². The van der Waals surface area contributed by atoms with Gasteiger partial charge in [0.15, 0.2) is 12.0 Å². The average Bonchev–Trinajstić information content (AvgIpc) is 2.76. The maximum absolute atomic E-state index is 10.5. The zero-order chi connectivity index (χ0) is 13.2. The van der Waals surface area contributed by atoms with E-state index in [1.54, 1.807) is 12.1 Å². The van der Waals surface area contributed by atoms with Crippen LogP contribution in [0.3, 0.4) is 0 Å². The number of ether oxygens (including phenoxy) is 1. The third-order valence-corrected chi connectivity index (χ3v) is 2.64. The van der Waals surface area contributed by atoms with E-state index < -0.39 is 0 Å². The van der Waals surface area contributed by atoms with E-state index in [0.717, 1.165) is 0 Å². The maximum Gasteiger partial charge on any atom is 0.290 e. The fourth-order valence-corrected chi connectivity index (χ4v) is 1.59. The average molecular weight is 244 g/mol. The Kier molecular flexibility index (Phi) is 3.24. The Labute approximate surface area is 106 Å². The van der Waals surface area contributed by atoms with Crippen molar-refractivity contribution in [3.05, 3.63) is 47.7 Å². The van der Waals surface area contributed by atoms with E-state index in [4.69, 9.17) is 9.15 Å². The Balaban J connectivity index is 2.21. The minimum absolute atomic E-state index is 0.0660. The molecule has 0 spiro atoms. The summed E-state index contributed by atoms with van der Waals surface area (Å²) in [7, 11) is 0. The van der Waals surface area contributed by atoms with E-state index >= 15 is 0 Å². The molecule has 0 aliphatic heterocycles. The highest BCUT2D eigenvalue weighted by molar-refractivity contribution is 5.70. The van der Waals surface area contributed by atoms with E-state index in [-0.39, 0.29) is 11.2 Å². The molecule has 18 heavy (non-hydrogen) atoms. The van der Waals surface area contributed by atoms with E-state index in [2.05, 4.69) is 26.8 Å². The predicted octanol–water partition coefficient (Wildman–Crippen LogP) is 4.18. The van der Waals surface area contributed by atoms with Crippen molar-refractivity contribution in [1.82, 2.24) is 0 Å². The van der Waals surface area contributed by atoms with Crippen LogP contribution in [0.1, 0.15) is 36.9 Å². The van der Waals surface area contributed by atoms with Crippen molar-refractivity contribution in [3.63, 3.8) is 0 Å². The molecule has 0 aliphatic carbocycles. The summed E-state index contributed by atoms with van der Waals surface area (Å²) in [5.41, 5.74) is 1.25. The molecular weight excluding hydrogens is 228 g/mol. The quantitative estimate of drug-likeness (QED) is 0.760. The molecule has 1 heterocycles. The van der Waals surface area contributed by atoms with E-state index in [0.29, 0.717) is 18.0 Å². The lowest BCUT2D eigenvalue weighted by molar-refractivity contribution is 0.109. The van der Waals surface area contributed by atoms with Gasteiger partial charge in [0.05, 0.1) is 0 Å². The van der Waals surface area contributed by atoms with Crippen molar-refractivity contribution in [1.29, 1.82) is 0 Å². The van der Waals surface area contributed by atoms with E-state index in [9.17, 15) is 4.79 Å². The summed E-state index contributed by atoms with van der Waals surface area (Å²) in [5.74, 6) is 1.29. The molecule has 0 unspecified atom stereocenters. The molecule has 0 saturated carbocycles. The first kappa shape index (κ1) is 12.4. The standard InChI is InChI=1S/C15H16O3/c1-15(2,3)11-5-4-6-12(9-11)17-14-8-7-13(10-16)18-14/h4-10H,1-3H3. The number of rotatable bonds is 3. The minimum Gasteiger partial charge on any atom is -0.426 e. The third-order valence-electron chi connectivity index (χ3n) is 2.64. The summed E-state index contributed by atoms with van der Waals surface area (Å²) in [5, 5.41) is 0. The number of hydrogen-bond donors (Lipinski definition) is 0. The van der Waals surface area contributed by atoms with E-state index in [1.165, 1.54) is 5.56 Å². The fourth-order valence-electron chi connectivity index (χ4n) is 1.59. The highest BCUT2D eigenvalue weighted by Gasteiger charge is 2.14. The second-order valence-corrected chi connectivity index (χ2v) is 5.15. The van der Waals surface area contributed by atoms with Gasteiger partial charge in [-0.3, -0.25) is 4.79 Å². The first-order chi connectivity index (χ1) is 8.49. The lowest BCUT2D eigenvalue weighted by atomic mass is 9.87. The molecule has 2 aromatic rings. The second kappa shape index (κ2) is 4.69. The molecule has 3 nitrogen and oxygen atoms in total. The van der Waals surface area contributed by atoms with Crippen molar-refractivity contribution in [2.45, 2.75) is 26.2 Å². The van der Waals surface area contributed by atoms with Crippen LogP contribution in [0.25, 0.3) is 0 Å². The Morgan fingerprint density at radius 1 is 1.17 bits per heavy atom. The van der Waals surface area contributed by atoms with Gasteiger partial charge in [-0.2, -0.15) is 0 Å². The lowest BCUT2D eigenvalue weighted by Gasteiger charge is -2.19. The molecule has 0 N–H and O–H groups in total. The summed E-state index contributed by atoms with van der Waals surface area (Å²) in [4.78, 5) is 10.5. The number of benzene rings is 1. The molecule has 3 heteroatoms. The van der Waals surface area contributed by atoms with Gasteiger partial charge in [0.25, 0.3) is 5.95 Å². The Hall–Kier alpha value is -2.03. The fraction of sp³-hybridized carbons (Fsp3) is 0.267. The van der Waals surface area contributed by atoms with Crippen LogP contribution in [0, 0.1) is 0 Å². The Morgan fingerprint density at radius 2 is 1.94 bits per heavy atom. The largest absolute Gasteiger partial charge is 0.426 e.